The molecule has 88 valence electrons. The van der Waals surface area contributed by atoms with E-state index in [9.17, 15) is 8.60 Å². The number of aromatic nitrogens is 1. The summed E-state index contributed by atoms with van der Waals surface area (Å²) in [7, 11) is -1.16. The summed E-state index contributed by atoms with van der Waals surface area (Å²) < 4.78 is 24.8. The van der Waals surface area contributed by atoms with Crippen LogP contribution >= 0.6 is 0 Å². The highest BCUT2D eigenvalue weighted by Gasteiger charge is 2.05. The van der Waals surface area contributed by atoms with Gasteiger partial charge in [0.2, 0.25) is 0 Å². The number of hydrogen-bond donors (Lipinski definition) is 0. The molecule has 2 rings (SSSR count). The molecule has 0 spiro atoms. The molecular weight excluding hydrogens is 237 g/mol. The van der Waals surface area contributed by atoms with Gasteiger partial charge in [0.1, 0.15) is 5.82 Å². The van der Waals surface area contributed by atoms with Gasteiger partial charge in [-0.3, -0.25) is 9.19 Å². The normalized spacial score (nSPS) is 12.3. The van der Waals surface area contributed by atoms with Crippen LogP contribution in [0, 0.1) is 5.82 Å². The zero-order valence-electron chi connectivity index (χ0n) is 9.17. The summed E-state index contributed by atoms with van der Waals surface area (Å²) in [6.45, 7) is 0. The standard InChI is InChI=1S/C13H12FNOS/c14-12-4-1-5-13(9-12)17(16)8-6-11-3-2-7-15-10-11/h1-5,7,9-10H,6,8H2. The number of pyridine rings is 1. The average Bonchev–Trinajstić information content (AvgIpc) is 2.37. The summed E-state index contributed by atoms with van der Waals surface area (Å²) in [5.41, 5.74) is 1.04. The van der Waals surface area contributed by atoms with Gasteiger partial charge in [0, 0.05) is 23.0 Å². The van der Waals surface area contributed by atoms with E-state index in [0.717, 1.165) is 5.56 Å². The van der Waals surface area contributed by atoms with Crippen LogP contribution in [0.5, 0.6) is 0 Å². The largest absolute Gasteiger partial charge is 0.264 e. The molecule has 17 heavy (non-hydrogen) atoms. The molecule has 1 atom stereocenters. The molecule has 0 radical (unpaired) electrons. The first-order valence-corrected chi connectivity index (χ1v) is 6.60. The summed E-state index contributed by atoms with van der Waals surface area (Å²) in [4.78, 5) is 4.53. The third-order valence-electron chi connectivity index (χ3n) is 2.36. The van der Waals surface area contributed by atoms with Crippen molar-refractivity contribution in [1.29, 1.82) is 0 Å². The second-order valence-corrected chi connectivity index (χ2v) is 5.19. The summed E-state index contributed by atoms with van der Waals surface area (Å²) in [5.74, 6) is 0.132. The zero-order valence-corrected chi connectivity index (χ0v) is 9.99. The van der Waals surface area contributed by atoms with Crippen molar-refractivity contribution in [3.05, 3.63) is 60.2 Å². The van der Waals surface area contributed by atoms with Gasteiger partial charge in [-0.05, 0) is 36.2 Å². The van der Waals surface area contributed by atoms with E-state index in [1.54, 1.807) is 24.5 Å². The fourth-order valence-electron chi connectivity index (χ4n) is 1.48. The number of aryl methyl sites for hydroxylation is 1. The number of nitrogens with zero attached hydrogens (tertiary/aromatic N) is 1. The topological polar surface area (TPSA) is 30.0 Å². The van der Waals surface area contributed by atoms with Crippen molar-refractivity contribution in [2.75, 3.05) is 5.75 Å². The molecule has 0 saturated heterocycles. The Kier molecular flexibility index (Phi) is 3.98. The van der Waals surface area contributed by atoms with Crippen molar-refractivity contribution in [2.24, 2.45) is 0 Å². The minimum Gasteiger partial charge on any atom is -0.264 e. The molecule has 1 heterocycles. The van der Waals surface area contributed by atoms with Gasteiger partial charge in [0.25, 0.3) is 0 Å². The summed E-state index contributed by atoms with van der Waals surface area (Å²) in [6.07, 6.45) is 4.13. The van der Waals surface area contributed by atoms with Gasteiger partial charge >= 0.3 is 0 Å². The lowest BCUT2D eigenvalue weighted by Crippen LogP contribution is -2.02. The number of halogens is 1. The number of rotatable bonds is 4. The van der Waals surface area contributed by atoms with E-state index in [0.29, 0.717) is 17.1 Å². The Morgan fingerprint density at radius 2 is 2.12 bits per heavy atom. The van der Waals surface area contributed by atoms with Gasteiger partial charge < -0.3 is 0 Å². The molecule has 0 amide bonds. The van der Waals surface area contributed by atoms with Crippen LogP contribution in [0.25, 0.3) is 0 Å². The molecule has 4 heteroatoms. The van der Waals surface area contributed by atoms with Crippen molar-refractivity contribution in [3.8, 4) is 0 Å². The Balaban J connectivity index is 1.98. The first kappa shape index (κ1) is 11.9. The Labute approximate surface area is 102 Å². The fraction of sp³-hybridized carbons (Fsp3) is 0.154. The third-order valence-corrected chi connectivity index (χ3v) is 3.71. The van der Waals surface area contributed by atoms with Crippen LogP contribution in [0.2, 0.25) is 0 Å². The number of hydrogen-bond acceptors (Lipinski definition) is 2. The summed E-state index contributed by atoms with van der Waals surface area (Å²) in [5, 5.41) is 0. The van der Waals surface area contributed by atoms with Gasteiger partial charge in [0.15, 0.2) is 0 Å². The van der Waals surface area contributed by atoms with E-state index in [1.165, 1.54) is 12.1 Å². The SMILES string of the molecule is O=S(CCc1cccnc1)c1cccc(F)c1. The predicted molar refractivity (Wildman–Crippen MR) is 65.6 cm³/mol. The Morgan fingerprint density at radius 1 is 1.24 bits per heavy atom. The molecule has 0 aliphatic carbocycles. The van der Waals surface area contributed by atoms with Gasteiger partial charge in [-0.1, -0.05) is 12.1 Å². The van der Waals surface area contributed by atoms with Crippen molar-refractivity contribution in [3.63, 3.8) is 0 Å². The van der Waals surface area contributed by atoms with Crippen molar-refractivity contribution < 1.29 is 8.60 Å². The molecule has 1 aromatic heterocycles. The molecule has 0 N–H and O–H groups in total. The summed E-state index contributed by atoms with van der Waals surface area (Å²) >= 11 is 0. The van der Waals surface area contributed by atoms with Gasteiger partial charge in [-0.2, -0.15) is 0 Å². The van der Waals surface area contributed by atoms with Crippen LogP contribution in [0.15, 0.2) is 53.7 Å². The maximum absolute atomic E-state index is 12.9. The van der Waals surface area contributed by atoms with Crippen LogP contribution < -0.4 is 0 Å². The van der Waals surface area contributed by atoms with Crippen LogP contribution in [0.1, 0.15) is 5.56 Å². The zero-order chi connectivity index (χ0) is 12.1. The maximum Gasteiger partial charge on any atom is 0.124 e. The molecule has 1 unspecified atom stereocenters. The molecular formula is C13H12FNOS. The highest BCUT2D eigenvalue weighted by Crippen LogP contribution is 2.10. The highest BCUT2D eigenvalue weighted by atomic mass is 32.2. The van der Waals surface area contributed by atoms with E-state index in [-0.39, 0.29) is 5.82 Å². The smallest absolute Gasteiger partial charge is 0.124 e. The first-order chi connectivity index (χ1) is 8.25. The minimum absolute atomic E-state index is 0.350. The summed E-state index contributed by atoms with van der Waals surface area (Å²) in [6, 6.07) is 9.71. The molecule has 0 aliphatic heterocycles. The van der Waals surface area contributed by atoms with E-state index < -0.39 is 10.8 Å². The third kappa shape index (κ3) is 3.46. The quantitative estimate of drug-likeness (QED) is 0.833. The van der Waals surface area contributed by atoms with Gasteiger partial charge in [0.05, 0.1) is 10.8 Å². The van der Waals surface area contributed by atoms with E-state index in [1.807, 2.05) is 12.1 Å². The van der Waals surface area contributed by atoms with Crippen molar-refractivity contribution >= 4 is 10.8 Å². The van der Waals surface area contributed by atoms with Gasteiger partial charge in [-0.15, -0.1) is 0 Å². The van der Waals surface area contributed by atoms with Crippen molar-refractivity contribution in [2.45, 2.75) is 11.3 Å². The second kappa shape index (κ2) is 5.68. The Hall–Kier alpha value is -1.55. The molecule has 2 aromatic rings. The average molecular weight is 249 g/mol. The van der Waals surface area contributed by atoms with Crippen LogP contribution in [0.3, 0.4) is 0 Å². The monoisotopic (exact) mass is 249 g/mol. The highest BCUT2D eigenvalue weighted by molar-refractivity contribution is 7.85. The van der Waals surface area contributed by atoms with Crippen LogP contribution in [0.4, 0.5) is 4.39 Å². The van der Waals surface area contributed by atoms with E-state index >= 15 is 0 Å². The van der Waals surface area contributed by atoms with E-state index in [4.69, 9.17) is 0 Å². The lowest BCUT2D eigenvalue weighted by atomic mass is 10.2. The molecule has 0 bridgehead atoms. The molecule has 2 nitrogen and oxygen atoms in total. The van der Waals surface area contributed by atoms with Crippen LogP contribution in [-0.2, 0) is 17.2 Å². The maximum atomic E-state index is 12.9. The Morgan fingerprint density at radius 3 is 2.82 bits per heavy atom. The lowest BCUT2D eigenvalue weighted by Gasteiger charge is -2.02. The minimum atomic E-state index is -1.16. The molecule has 0 aliphatic rings. The lowest BCUT2D eigenvalue weighted by molar-refractivity contribution is 0.622. The predicted octanol–water partition coefficient (Wildman–Crippen LogP) is 2.57. The number of benzene rings is 1. The first-order valence-electron chi connectivity index (χ1n) is 5.28. The van der Waals surface area contributed by atoms with Crippen molar-refractivity contribution in [1.82, 2.24) is 4.98 Å². The second-order valence-electron chi connectivity index (χ2n) is 3.62. The fourth-order valence-corrected chi connectivity index (χ4v) is 2.61. The molecule has 0 fully saturated rings. The van der Waals surface area contributed by atoms with E-state index in [2.05, 4.69) is 4.98 Å². The molecule has 0 saturated carbocycles. The Bertz CT molecular complexity index is 516. The van der Waals surface area contributed by atoms with Gasteiger partial charge in [-0.25, -0.2) is 4.39 Å². The molecule has 1 aromatic carbocycles. The van der Waals surface area contributed by atoms with Crippen LogP contribution in [-0.4, -0.2) is 14.9 Å².